The summed E-state index contributed by atoms with van der Waals surface area (Å²) in [5, 5.41) is 3.34. The van der Waals surface area contributed by atoms with Crippen LogP contribution < -0.4 is 11.1 Å². The molecule has 0 aliphatic carbocycles. The predicted octanol–water partition coefficient (Wildman–Crippen LogP) is 2.07. The molecule has 0 atom stereocenters. The van der Waals surface area contributed by atoms with E-state index in [2.05, 4.69) is 15.3 Å². The number of nitrogens with zero attached hydrogens (tertiary/aromatic N) is 3. The third kappa shape index (κ3) is 2.90. The number of benzene rings is 1. The normalized spacial score (nSPS) is 10.7. The molecule has 0 fully saturated rings. The van der Waals surface area contributed by atoms with Crippen LogP contribution in [-0.2, 0) is 4.79 Å². The molecule has 0 aliphatic rings. The molecule has 0 bridgehead atoms. The molecule has 3 aromatic rings. The molecule has 2 aromatic heterocycles. The lowest BCUT2D eigenvalue weighted by molar-refractivity contribution is -0.118. The van der Waals surface area contributed by atoms with Crippen molar-refractivity contribution in [2.75, 3.05) is 11.9 Å². The number of carbonyl (C=O) groups excluding carboxylic acids is 1. The Morgan fingerprint density at radius 3 is 2.82 bits per heavy atom. The highest BCUT2D eigenvalue weighted by molar-refractivity contribution is 5.76. The number of anilines is 1. The highest BCUT2D eigenvalue weighted by atomic mass is 16.1. The van der Waals surface area contributed by atoms with Crippen LogP contribution in [0.2, 0.25) is 0 Å². The van der Waals surface area contributed by atoms with E-state index in [1.54, 1.807) is 12.5 Å². The molecular formula is C16H17N5O. The van der Waals surface area contributed by atoms with Crippen LogP contribution in [0.25, 0.3) is 16.9 Å². The van der Waals surface area contributed by atoms with Crippen LogP contribution in [0.4, 0.5) is 5.82 Å². The molecule has 6 heteroatoms. The number of nitrogens with two attached hydrogens (primary N) is 1. The molecule has 112 valence electrons. The van der Waals surface area contributed by atoms with Crippen molar-refractivity contribution >= 4 is 17.4 Å². The first-order valence-corrected chi connectivity index (χ1v) is 7.15. The molecule has 0 saturated carbocycles. The molecule has 3 rings (SSSR count). The van der Waals surface area contributed by atoms with Gasteiger partial charge < -0.3 is 11.1 Å². The smallest absolute Gasteiger partial charge is 0.217 e. The van der Waals surface area contributed by atoms with E-state index in [4.69, 9.17) is 5.73 Å². The van der Waals surface area contributed by atoms with E-state index in [9.17, 15) is 4.79 Å². The Labute approximate surface area is 128 Å². The van der Waals surface area contributed by atoms with Crippen LogP contribution in [-0.4, -0.2) is 26.8 Å². The lowest BCUT2D eigenvalue weighted by Crippen LogP contribution is -2.13. The zero-order chi connectivity index (χ0) is 15.4. The van der Waals surface area contributed by atoms with E-state index in [0.29, 0.717) is 19.4 Å². The number of hydrogen-bond donors (Lipinski definition) is 2. The molecule has 6 nitrogen and oxygen atoms in total. The summed E-state index contributed by atoms with van der Waals surface area (Å²) in [5.74, 6) is 0.587. The summed E-state index contributed by atoms with van der Waals surface area (Å²) in [6.07, 6.45) is 4.49. The average Bonchev–Trinajstić information content (AvgIpc) is 2.91. The van der Waals surface area contributed by atoms with Crippen molar-refractivity contribution in [1.29, 1.82) is 0 Å². The van der Waals surface area contributed by atoms with Gasteiger partial charge in [-0.15, -0.1) is 0 Å². The zero-order valence-electron chi connectivity index (χ0n) is 12.1. The first-order chi connectivity index (χ1) is 10.8. The highest BCUT2D eigenvalue weighted by Crippen LogP contribution is 2.28. The standard InChI is InChI=1S/C16H17N5O/c17-13(22)7-4-9-19-16-15(12-5-2-1-3-6-12)20-14-8-10-18-11-21(14)16/h1-3,5-6,8,10-11,19H,4,7,9H2,(H2,17,22). The van der Waals surface area contributed by atoms with Crippen LogP contribution >= 0.6 is 0 Å². The van der Waals surface area contributed by atoms with Gasteiger partial charge >= 0.3 is 0 Å². The second-order valence-corrected chi connectivity index (χ2v) is 4.98. The predicted molar refractivity (Wildman–Crippen MR) is 85.3 cm³/mol. The SMILES string of the molecule is NC(=O)CCCNc1c(-c2ccccc2)nc2ccncn12. The van der Waals surface area contributed by atoms with E-state index in [1.807, 2.05) is 40.8 Å². The minimum atomic E-state index is -0.287. The monoisotopic (exact) mass is 295 g/mol. The molecule has 2 heterocycles. The topological polar surface area (TPSA) is 85.3 Å². The van der Waals surface area contributed by atoms with Crippen LogP contribution in [0.15, 0.2) is 48.9 Å². The van der Waals surface area contributed by atoms with E-state index in [0.717, 1.165) is 22.7 Å². The van der Waals surface area contributed by atoms with Crippen LogP contribution in [0.1, 0.15) is 12.8 Å². The molecular weight excluding hydrogens is 278 g/mol. The van der Waals surface area contributed by atoms with E-state index < -0.39 is 0 Å². The third-order valence-electron chi connectivity index (χ3n) is 3.37. The zero-order valence-corrected chi connectivity index (χ0v) is 12.1. The summed E-state index contributed by atoms with van der Waals surface area (Å²) in [6, 6.07) is 11.8. The Morgan fingerprint density at radius 1 is 1.23 bits per heavy atom. The number of amides is 1. The lowest BCUT2D eigenvalue weighted by Gasteiger charge is -2.08. The summed E-state index contributed by atoms with van der Waals surface area (Å²) >= 11 is 0. The lowest BCUT2D eigenvalue weighted by atomic mass is 10.1. The van der Waals surface area contributed by atoms with Gasteiger partial charge in [0.25, 0.3) is 0 Å². The largest absolute Gasteiger partial charge is 0.370 e. The van der Waals surface area contributed by atoms with Crippen LogP contribution in [0, 0.1) is 0 Å². The van der Waals surface area contributed by atoms with E-state index in [-0.39, 0.29) is 5.91 Å². The summed E-state index contributed by atoms with van der Waals surface area (Å²) < 4.78 is 1.91. The molecule has 3 N–H and O–H groups in total. The number of imidazole rings is 1. The maximum absolute atomic E-state index is 10.8. The Morgan fingerprint density at radius 2 is 2.05 bits per heavy atom. The van der Waals surface area contributed by atoms with Gasteiger partial charge in [-0.1, -0.05) is 30.3 Å². The van der Waals surface area contributed by atoms with Gasteiger partial charge in [-0.25, -0.2) is 9.97 Å². The van der Waals surface area contributed by atoms with Crippen molar-refractivity contribution in [1.82, 2.24) is 14.4 Å². The van der Waals surface area contributed by atoms with Crippen molar-refractivity contribution < 1.29 is 4.79 Å². The number of rotatable bonds is 6. The molecule has 0 aliphatic heterocycles. The minimum Gasteiger partial charge on any atom is -0.370 e. The van der Waals surface area contributed by atoms with Gasteiger partial charge in [-0.3, -0.25) is 9.20 Å². The van der Waals surface area contributed by atoms with Crippen molar-refractivity contribution in [3.05, 3.63) is 48.9 Å². The molecule has 1 aromatic carbocycles. The summed E-state index contributed by atoms with van der Waals surface area (Å²) in [4.78, 5) is 19.6. The first kappa shape index (κ1) is 14.1. The quantitative estimate of drug-likeness (QED) is 0.682. The second kappa shape index (κ2) is 6.26. The second-order valence-electron chi connectivity index (χ2n) is 4.98. The van der Waals surface area contributed by atoms with Gasteiger partial charge in [0, 0.05) is 24.7 Å². The molecule has 22 heavy (non-hydrogen) atoms. The molecule has 1 amide bonds. The summed E-state index contributed by atoms with van der Waals surface area (Å²) in [5.41, 5.74) is 7.89. The fraction of sp³-hybridized carbons (Fsp3) is 0.188. The molecule has 0 unspecified atom stereocenters. The molecule has 0 saturated heterocycles. The van der Waals surface area contributed by atoms with Crippen LogP contribution in [0.5, 0.6) is 0 Å². The first-order valence-electron chi connectivity index (χ1n) is 7.15. The van der Waals surface area contributed by atoms with E-state index >= 15 is 0 Å². The maximum Gasteiger partial charge on any atom is 0.217 e. The Balaban J connectivity index is 1.93. The van der Waals surface area contributed by atoms with Gasteiger partial charge in [0.2, 0.25) is 5.91 Å². The number of aromatic nitrogens is 3. The fourth-order valence-electron chi connectivity index (χ4n) is 2.33. The number of carbonyl (C=O) groups is 1. The van der Waals surface area contributed by atoms with E-state index in [1.165, 1.54) is 0 Å². The van der Waals surface area contributed by atoms with Crippen molar-refractivity contribution in [3.63, 3.8) is 0 Å². The number of nitrogens with one attached hydrogen (secondary N) is 1. The third-order valence-corrected chi connectivity index (χ3v) is 3.37. The van der Waals surface area contributed by atoms with Gasteiger partial charge in [-0.05, 0) is 12.5 Å². The maximum atomic E-state index is 10.8. The van der Waals surface area contributed by atoms with Crippen molar-refractivity contribution in [3.8, 4) is 11.3 Å². The van der Waals surface area contributed by atoms with Crippen molar-refractivity contribution in [2.45, 2.75) is 12.8 Å². The van der Waals surface area contributed by atoms with Gasteiger partial charge in [0.15, 0.2) is 0 Å². The Bertz CT molecular complexity index is 782. The Hall–Kier alpha value is -2.89. The summed E-state index contributed by atoms with van der Waals surface area (Å²) in [6.45, 7) is 0.644. The van der Waals surface area contributed by atoms with Crippen LogP contribution in [0.3, 0.4) is 0 Å². The van der Waals surface area contributed by atoms with Gasteiger partial charge in [0.05, 0.1) is 0 Å². The average molecular weight is 295 g/mol. The number of fused-ring (bicyclic) bond motifs is 1. The Kier molecular flexibility index (Phi) is 4.00. The van der Waals surface area contributed by atoms with Gasteiger partial charge in [0.1, 0.15) is 23.5 Å². The van der Waals surface area contributed by atoms with Gasteiger partial charge in [-0.2, -0.15) is 0 Å². The number of hydrogen-bond acceptors (Lipinski definition) is 4. The molecule has 0 radical (unpaired) electrons. The van der Waals surface area contributed by atoms with Crippen molar-refractivity contribution in [2.24, 2.45) is 5.73 Å². The minimum absolute atomic E-state index is 0.287. The highest BCUT2D eigenvalue weighted by Gasteiger charge is 2.13. The number of primary amides is 1. The fourth-order valence-corrected chi connectivity index (χ4v) is 2.33. The summed E-state index contributed by atoms with van der Waals surface area (Å²) in [7, 11) is 0. The molecule has 0 spiro atoms.